The van der Waals surface area contributed by atoms with Gasteiger partial charge in [-0.25, -0.2) is 0 Å². The van der Waals surface area contributed by atoms with Gasteiger partial charge in [-0.2, -0.15) is 4.98 Å². The molecule has 0 saturated carbocycles. The van der Waals surface area contributed by atoms with Crippen LogP contribution in [0.25, 0.3) is 22.2 Å². The molecule has 0 saturated heterocycles. The summed E-state index contributed by atoms with van der Waals surface area (Å²) in [6, 6.07) is 12.5. The first kappa shape index (κ1) is 24.4. The molecule has 6 heteroatoms. The molecule has 3 aromatic rings. The predicted octanol–water partition coefficient (Wildman–Crippen LogP) is 6.69. The van der Waals surface area contributed by atoms with E-state index in [1.807, 2.05) is 6.07 Å². The molecule has 31 heavy (non-hydrogen) atoms. The van der Waals surface area contributed by atoms with Gasteiger partial charge in [0.15, 0.2) is 0 Å². The van der Waals surface area contributed by atoms with Crippen molar-refractivity contribution < 1.29 is 9.26 Å². The summed E-state index contributed by atoms with van der Waals surface area (Å²) in [4.78, 5) is 4.61. The minimum atomic E-state index is 0.167. The molecule has 3 rings (SSSR count). The average Bonchev–Trinajstić information content (AvgIpc) is 3.25. The van der Waals surface area contributed by atoms with E-state index in [0.29, 0.717) is 11.7 Å². The van der Waals surface area contributed by atoms with Crippen molar-refractivity contribution in [1.82, 2.24) is 10.1 Å². The molecule has 0 bridgehead atoms. The van der Waals surface area contributed by atoms with Gasteiger partial charge in [-0.1, -0.05) is 69.8 Å². The van der Waals surface area contributed by atoms with Gasteiger partial charge in [0.2, 0.25) is 11.7 Å². The van der Waals surface area contributed by atoms with E-state index < -0.39 is 0 Å². The van der Waals surface area contributed by atoms with E-state index >= 15 is 0 Å². The maximum absolute atomic E-state index is 6.28. The molecule has 1 heterocycles. The van der Waals surface area contributed by atoms with Crippen LogP contribution in [0.2, 0.25) is 0 Å². The molecule has 3 N–H and O–H groups in total. The van der Waals surface area contributed by atoms with E-state index in [2.05, 4.69) is 61.2 Å². The van der Waals surface area contributed by atoms with Gasteiger partial charge in [0.1, 0.15) is 5.75 Å². The van der Waals surface area contributed by atoms with Crippen LogP contribution in [0.1, 0.15) is 78.0 Å². The molecule has 1 atom stereocenters. The third kappa shape index (κ3) is 8.04. The number of hydrogen-bond donors (Lipinski definition) is 2. The van der Waals surface area contributed by atoms with Gasteiger partial charge in [0.05, 0.1) is 12.4 Å². The van der Waals surface area contributed by atoms with Gasteiger partial charge < -0.3 is 15.0 Å². The van der Waals surface area contributed by atoms with Crippen molar-refractivity contribution in [2.24, 2.45) is 5.73 Å². The fourth-order valence-electron chi connectivity index (χ4n) is 3.18. The Morgan fingerprint density at radius 2 is 1.74 bits per heavy atom. The number of nitrogens with zero attached hydrogens (tertiary/aromatic N) is 2. The van der Waals surface area contributed by atoms with Crippen molar-refractivity contribution in [2.75, 3.05) is 6.61 Å². The number of fused-ring (bicyclic) bond motifs is 1. The molecule has 0 radical (unpaired) electrons. The van der Waals surface area contributed by atoms with Gasteiger partial charge in [-0.05, 0) is 48.7 Å². The maximum atomic E-state index is 6.28. The smallest absolute Gasteiger partial charge is 0.229 e. The molecule has 0 unspecified atom stereocenters. The third-order valence-corrected chi connectivity index (χ3v) is 4.94. The number of nitrogens with one attached hydrogen (secondary N) is 1. The third-order valence-electron chi connectivity index (χ3n) is 4.94. The van der Waals surface area contributed by atoms with E-state index in [1.165, 1.54) is 32.6 Å². The first-order chi connectivity index (χ1) is 14.9. The summed E-state index contributed by atoms with van der Waals surface area (Å²) in [6.45, 7) is 8.85. The van der Waals surface area contributed by atoms with Crippen LogP contribution in [-0.2, 0) is 0 Å². The maximum Gasteiger partial charge on any atom is 0.229 e. The van der Waals surface area contributed by atoms with Crippen LogP contribution >= 0.6 is 0 Å². The quantitative estimate of drug-likeness (QED) is 0.214. The number of amidine groups is 1. The predicted molar refractivity (Wildman–Crippen MR) is 128 cm³/mol. The molecule has 0 spiro atoms. The Kier molecular flexibility index (Phi) is 10.0. The van der Waals surface area contributed by atoms with E-state index in [1.54, 1.807) is 0 Å². The van der Waals surface area contributed by atoms with E-state index in [0.717, 1.165) is 47.4 Å². The van der Waals surface area contributed by atoms with Crippen LogP contribution in [0.4, 0.5) is 0 Å². The topological polar surface area (TPSA) is 98.0 Å². The van der Waals surface area contributed by atoms with Crippen LogP contribution in [0.5, 0.6) is 5.75 Å². The van der Waals surface area contributed by atoms with Crippen molar-refractivity contribution in [3.8, 4) is 17.1 Å². The first-order valence-electron chi connectivity index (χ1n) is 11.3. The summed E-state index contributed by atoms with van der Waals surface area (Å²) in [6.07, 6.45) is 6.96. The van der Waals surface area contributed by atoms with Crippen LogP contribution in [0.3, 0.4) is 0 Å². The summed E-state index contributed by atoms with van der Waals surface area (Å²) < 4.78 is 11.3. The highest BCUT2D eigenvalue weighted by atomic mass is 16.5. The standard InChI is InChI=1S/C23H30N2O2.C2H6N2/c1-4-6-8-14-26-21-13-12-18-15-20(11-10-19(18)16-21)22-24-23(27-25-22)17(3)9-7-5-2;1-2(3)4/h10-13,15-17H,4-9,14H2,1-3H3;1H3,(H3,3,4)/t17-;/m0./s1. The van der Waals surface area contributed by atoms with Crippen molar-refractivity contribution in [2.45, 2.75) is 72.1 Å². The second kappa shape index (κ2) is 12.7. The molecular formula is C25H36N4O2. The van der Waals surface area contributed by atoms with Gasteiger partial charge >= 0.3 is 0 Å². The van der Waals surface area contributed by atoms with E-state index in [4.69, 9.17) is 20.4 Å². The normalized spacial score (nSPS) is 11.6. The summed E-state index contributed by atoms with van der Waals surface area (Å²) in [5.41, 5.74) is 5.68. The zero-order valence-electron chi connectivity index (χ0n) is 19.3. The van der Waals surface area contributed by atoms with Crippen LogP contribution < -0.4 is 10.5 Å². The van der Waals surface area contributed by atoms with Gasteiger partial charge in [0, 0.05) is 11.5 Å². The highest BCUT2D eigenvalue weighted by Crippen LogP contribution is 2.27. The van der Waals surface area contributed by atoms with Gasteiger partial charge in [0.25, 0.3) is 0 Å². The number of aromatic nitrogens is 2. The lowest BCUT2D eigenvalue weighted by atomic mass is 10.0. The Labute approximate surface area is 185 Å². The van der Waals surface area contributed by atoms with Crippen molar-refractivity contribution >= 4 is 16.6 Å². The number of hydrogen-bond acceptors (Lipinski definition) is 5. The van der Waals surface area contributed by atoms with Crippen molar-refractivity contribution in [3.63, 3.8) is 0 Å². The van der Waals surface area contributed by atoms with Crippen LogP contribution in [0.15, 0.2) is 40.9 Å². The molecule has 0 fully saturated rings. The zero-order valence-corrected chi connectivity index (χ0v) is 19.3. The van der Waals surface area contributed by atoms with E-state index in [-0.39, 0.29) is 5.84 Å². The van der Waals surface area contributed by atoms with Crippen LogP contribution in [0, 0.1) is 5.41 Å². The molecule has 1 aromatic heterocycles. The highest BCUT2D eigenvalue weighted by Gasteiger charge is 2.15. The molecule has 168 valence electrons. The second-order valence-electron chi connectivity index (χ2n) is 7.96. The summed E-state index contributed by atoms with van der Waals surface area (Å²) >= 11 is 0. The molecule has 0 aliphatic rings. The molecule has 0 amide bonds. The molecule has 6 nitrogen and oxygen atoms in total. The zero-order chi connectivity index (χ0) is 22.6. The first-order valence-corrected chi connectivity index (χ1v) is 11.3. The Bertz CT molecular complexity index is 948. The Morgan fingerprint density at radius 1 is 1.06 bits per heavy atom. The number of unbranched alkanes of at least 4 members (excludes halogenated alkanes) is 3. The van der Waals surface area contributed by atoms with Crippen molar-refractivity contribution in [3.05, 3.63) is 42.3 Å². The van der Waals surface area contributed by atoms with Gasteiger partial charge in [-0.3, -0.25) is 5.41 Å². The molecule has 0 aliphatic heterocycles. The summed E-state index contributed by atoms with van der Waals surface area (Å²) in [5, 5.41) is 12.8. The lowest BCUT2D eigenvalue weighted by Gasteiger charge is -2.07. The summed E-state index contributed by atoms with van der Waals surface area (Å²) in [7, 11) is 0. The van der Waals surface area contributed by atoms with E-state index in [9.17, 15) is 0 Å². The fourth-order valence-corrected chi connectivity index (χ4v) is 3.18. The average molecular weight is 425 g/mol. The molecular weight excluding hydrogens is 388 g/mol. The number of nitrogens with two attached hydrogens (primary N) is 1. The molecule has 0 aliphatic carbocycles. The largest absolute Gasteiger partial charge is 0.494 e. The fraction of sp³-hybridized carbons (Fsp3) is 0.480. The lowest BCUT2D eigenvalue weighted by molar-refractivity contribution is 0.306. The lowest BCUT2D eigenvalue weighted by Crippen LogP contribution is -2.00. The second-order valence-corrected chi connectivity index (χ2v) is 7.96. The Morgan fingerprint density at radius 3 is 2.45 bits per heavy atom. The number of ether oxygens (including phenoxy) is 1. The number of benzene rings is 2. The monoisotopic (exact) mass is 424 g/mol. The molecule has 2 aromatic carbocycles. The Hall–Kier alpha value is -2.89. The Balaban J connectivity index is 0.000000785. The minimum Gasteiger partial charge on any atom is -0.494 e. The highest BCUT2D eigenvalue weighted by molar-refractivity contribution is 5.87. The SMILES string of the molecule is CC(=N)N.CCCCCOc1ccc2cc(-c3noc([C@@H](C)CCCC)n3)ccc2c1. The van der Waals surface area contributed by atoms with Crippen LogP contribution in [-0.4, -0.2) is 22.6 Å². The minimum absolute atomic E-state index is 0.167. The summed E-state index contributed by atoms with van der Waals surface area (Å²) in [5.74, 6) is 2.79. The van der Waals surface area contributed by atoms with Crippen molar-refractivity contribution in [1.29, 1.82) is 5.41 Å². The number of rotatable bonds is 10. The van der Waals surface area contributed by atoms with Gasteiger partial charge in [-0.15, -0.1) is 0 Å².